The zero-order chi connectivity index (χ0) is 18.5. The molecular weight excluding hydrogens is 435 g/mol. The highest BCUT2D eigenvalue weighted by atomic mass is 79.9. The van der Waals surface area contributed by atoms with E-state index in [0.29, 0.717) is 28.7 Å². The maximum absolute atomic E-state index is 13.1. The van der Waals surface area contributed by atoms with Crippen LogP contribution >= 0.6 is 39.1 Å². The topological polar surface area (TPSA) is 33.2 Å². The molecule has 0 fully saturated rings. The maximum atomic E-state index is 13.1. The molecule has 6 heteroatoms. The van der Waals surface area contributed by atoms with Crippen LogP contribution in [0, 0.1) is 0 Å². The van der Waals surface area contributed by atoms with Crippen LogP contribution in [0.4, 0.5) is 0 Å². The molecule has 0 bridgehead atoms. The molecule has 0 aliphatic carbocycles. The van der Waals surface area contributed by atoms with Crippen LogP contribution in [0.25, 0.3) is 0 Å². The van der Waals surface area contributed by atoms with Gasteiger partial charge in [0, 0.05) is 45.6 Å². The SMILES string of the molecule is O=C(c1ccc(Br)cc1)N(Cc1cccnc1)Cc1cc(Cl)cc(Cl)c1. The lowest BCUT2D eigenvalue weighted by Crippen LogP contribution is -2.30. The molecule has 26 heavy (non-hydrogen) atoms. The van der Waals surface area contributed by atoms with Crippen molar-refractivity contribution in [1.29, 1.82) is 0 Å². The largest absolute Gasteiger partial charge is 0.330 e. The third-order valence-corrected chi connectivity index (χ3v) is 4.74. The van der Waals surface area contributed by atoms with Crippen LogP contribution < -0.4 is 0 Å². The average Bonchev–Trinajstić information content (AvgIpc) is 2.61. The summed E-state index contributed by atoms with van der Waals surface area (Å²) in [6, 6.07) is 16.4. The van der Waals surface area contributed by atoms with Crippen LogP contribution in [-0.4, -0.2) is 15.8 Å². The molecule has 3 aromatic rings. The van der Waals surface area contributed by atoms with Crippen LogP contribution in [0.2, 0.25) is 10.0 Å². The van der Waals surface area contributed by atoms with E-state index in [2.05, 4.69) is 20.9 Å². The van der Waals surface area contributed by atoms with E-state index in [0.717, 1.165) is 15.6 Å². The smallest absolute Gasteiger partial charge is 0.254 e. The molecule has 3 rings (SSSR count). The second kappa shape index (κ2) is 8.67. The molecule has 0 atom stereocenters. The van der Waals surface area contributed by atoms with E-state index in [1.807, 2.05) is 36.4 Å². The fourth-order valence-corrected chi connectivity index (χ4v) is 3.44. The molecule has 1 aromatic heterocycles. The van der Waals surface area contributed by atoms with Crippen LogP contribution in [0.15, 0.2) is 71.5 Å². The van der Waals surface area contributed by atoms with Gasteiger partial charge in [-0.25, -0.2) is 0 Å². The highest BCUT2D eigenvalue weighted by molar-refractivity contribution is 9.10. The summed E-state index contributed by atoms with van der Waals surface area (Å²) in [6.45, 7) is 0.830. The molecule has 0 spiro atoms. The minimum atomic E-state index is -0.0718. The normalized spacial score (nSPS) is 10.6. The van der Waals surface area contributed by atoms with E-state index in [1.165, 1.54) is 0 Å². The first-order chi connectivity index (χ1) is 12.5. The molecule has 0 aliphatic rings. The van der Waals surface area contributed by atoms with Crippen LogP contribution in [0.5, 0.6) is 0 Å². The Kier molecular flexibility index (Phi) is 6.30. The molecule has 0 radical (unpaired) electrons. The molecule has 0 saturated heterocycles. The zero-order valence-electron chi connectivity index (χ0n) is 13.7. The van der Waals surface area contributed by atoms with Gasteiger partial charge >= 0.3 is 0 Å². The lowest BCUT2D eigenvalue weighted by molar-refractivity contribution is 0.0730. The van der Waals surface area contributed by atoms with Gasteiger partial charge < -0.3 is 4.90 Å². The standard InChI is InChI=1S/C20H15BrCl2N2O/c21-17-5-3-16(4-6-17)20(26)25(12-14-2-1-7-24-11-14)13-15-8-18(22)10-19(23)9-15/h1-11H,12-13H2. The second-order valence-electron chi connectivity index (χ2n) is 5.81. The predicted molar refractivity (Wildman–Crippen MR) is 108 cm³/mol. The first-order valence-corrected chi connectivity index (χ1v) is 9.45. The van der Waals surface area contributed by atoms with Crippen molar-refractivity contribution in [2.45, 2.75) is 13.1 Å². The molecule has 0 unspecified atom stereocenters. The van der Waals surface area contributed by atoms with Crippen LogP contribution in [0.3, 0.4) is 0 Å². The lowest BCUT2D eigenvalue weighted by Gasteiger charge is -2.23. The van der Waals surface area contributed by atoms with Crippen molar-refractivity contribution in [3.63, 3.8) is 0 Å². The lowest BCUT2D eigenvalue weighted by atomic mass is 10.1. The summed E-state index contributed by atoms with van der Waals surface area (Å²) < 4.78 is 0.925. The number of carbonyl (C=O) groups excluding carboxylic acids is 1. The first-order valence-electron chi connectivity index (χ1n) is 7.90. The van der Waals surface area contributed by atoms with Gasteiger partial charge in [-0.2, -0.15) is 0 Å². The van der Waals surface area contributed by atoms with Crippen LogP contribution in [-0.2, 0) is 13.1 Å². The van der Waals surface area contributed by atoms with Crippen molar-refractivity contribution >= 4 is 45.0 Å². The molecule has 2 aromatic carbocycles. The van der Waals surface area contributed by atoms with Gasteiger partial charge in [-0.05, 0) is 59.7 Å². The molecule has 0 aliphatic heterocycles. The number of nitrogens with zero attached hydrogens (tertiary/aromatic N) is 2. The monoisotopic (exact) mass is 448 g/mol. The number of rotatable bonds is 5. The third kappa shape index (κ3) is 5.07. The Morgan fingerprint density at radius 3 is 2.23 bits per heavy atom. The zero-order valence-corrected chi connectivity index (χ0v) is 16.8. The minimum Gasteiger partial charge on any atom is -0.330 e. The van der Waals surface area contributed by atoms with Crippen molar-refractivity contribution in [2.75, 3.05) is 0 Å². The first kappa shape index (κ1) is 18.9. The molecule has 1 heterocycles. The van der Waals surface area contributed by atoms with Gasteiger partial charge in [-0.15, -0.1) is 0 Å². The Hall–Kier alpha value is -1.88. The van der Waals surface area contributed by atoms with Gasteiger partial charge in [-0.1, -0.05) is 45.2 Å². The summed E-state index contributed by atoms with van der Waals surface area (Å²) in [4.78, 5) is 18.9. The Morgan fingerprint density at radius 1 is 0.962 bits per heavy atom. The summed E-state index contributed by atoms with van der Waals surface area (Å²) in [7, 11) is 0. The number of aromatic nitrogens is 1. The van der Waals surface area contributed by atoms with Crippen molar-refractivity contribution in [3.8, 4) is 0 Å². The highest BCUT2D eigenvalue weighted by Crippen LogP contribution is 2.22. The van der Waals surface area contributed by atoms with E-state index in [1.54, 1.807) is 35.5 Å². The van der Waals surface area contributed by atoms with E-state index in [9.17, 15) is 4.79 Å². The number of carbonyl (C=O) groups is 1. The van der Waals surface area contributed by atoms with Crippen molar-refractivity contribution in [1.82, 2.24) is 9.88 Å². The highest BCUT2D eigenvalue weighted by Gasteiger charge is 2.17. The number of pyridine rings is 1. The molecule has 0 saturated carbocycles. The fourth-order valence-electron chi connectivity index (χ4n) is 2.61. The fraction of sp³-hybridized carbons (Fsp3) is 0.100. The minimum absolute atomic E-state index is 0.0718. The Bertz CT molecular complexity index is 881. The average molecular weight is 450 g/mol. The summed E-state index contributed by atoms with van der Waals surface area (Å²) in [5, 5.41) is 1.09. The van der Waals surface area contributed by atoms with E-state index < -0.39 is 0 Å². The third-order valence-electron chi connectivity index (χ3n) is 3.77. The maximum Gasteiger partial charge on any atom is 0.254 e. The molecule has 3 nitrogen and oxygen atoms in total. The van der Waals surface area contributed by atoms with Gasteiger partial charge in [0.2, 0.25) is 0 Å². The Labute approximate surface area is 170 Å². The van der Waals surface area contributed by atoms with Crippen LogP contribution in [0.1, 0.15) is 21.5 Å². The van der Waals surface area contributed by atoms with Gasteiger partial charge in [0.15, 0.2) is 0 Å². The summed E-state index contributed by atoms with van der Waals surface area (Å²) >= 11 is 15.6. The summed E-state index contributed by atoms with van der Waals surface area (Å²) in [5.74, 6) is -0.0718. The molecular formula is C20H15BrCl2N2O. The van der Waals surface area contributed by atoms with E-state index >= 15 is 0 Å². The predicted octanol–water partition coefficient (Wildman–Crippen LogP) is 5.99. The summed E-state index contributed by atoms with van der Waals surface area (Å²) in [6.07, 6.45) is 3.47. The van der Waals surface area contributed by atoms with Gasteiger partial charge in [0.25, 0.3) is 5.91 Å². The van der Waals surface area contributed by atoms with Crippen molar-refractivity contribution in [3.05, 3.63) is 98.2 Å². The van der Waals surface area contributed by atoms with Gasteiger partial charge in [0.1, 0.15) is 0 Å². The number of hydrogen-bond acceptors (Lipinski definition) is 2. The van der Waals surface area contributed by atoms with E-state index in [4.69, 9.17) is 23.2 Å². The Balaban J connectivity index is 1.90. The van der Waals surface area contributed by atoms with Gasteiger partial charge in [0.05, 0.1) is 0 Å². The molecule has 0 N–H and O–H groups in total. The van der Waals surface area contributed by atoms with E-state index in [-0.39, 0.29) is 5.91 Å². The number of halogens is 3. The van der Waals surface area contributed by atoms with Crippen molar-refractivity contribution in [2.24, 2.45) is 0 Å². The second-order valence-corrected chi connectivity index (χ2v) is 7.60. The summed E-state index contributed by atoms with van der Waals surface area (Å²) in [5.41, 5.74) is 2.44. The Morgan fingerprint density at radius 2 is 1.62 bits per heavy atom. The molecule has 1 amide bonds. The van der Waals surface area contributed by atoms with Crippen molar-refractivity contribution < 1.29 is 4.79 Å². The van der Waals surface area contributed by atoms with Gasteiger partial charge in [-0.3, -0.25) is 9.78 Å². The quantitative estimate of drug-likeness (QED) is 0.479. The molecule has 132 valence electrons. The number of amides is 1. The number of hydrogen-bond donors (Lipinski definition) is 0. The number of benzene rings is 2.